The van der Waals surface area contributed by atoms with Crippen molar-refractivity contribution in [3.8, 4) is 11.3 Å². The Morgan fingerprint density at radius 1 is 1.16 bits per heavy atom. The number of carbonyl (C=O) groups is 1. The first-order valence-electron chi connectivity index (χ1n) is 10.4. The molecule has 4 aromatic heterocycles. The highest BCUT2D eigenvalue weighted by Gasteiger charge is 2.18. The van der Waals surface area contributed by atoms with Gasteiger partial charge in [-0.2, -0.15) is 5.10 Å². The molecule has 0 atom stereocenters. The number of aromatic nitrogens is 4. The fourth-order valence-electron chi connectivity index (χ4n) is 3.52. The number of furan rings is 1. The first kappa shape index (κ1) is 20.1. The molecule has 0 fully saturated rings. The summed E-state index contributed by atoms with van der Waals surface area (Å²) in [5.74, 6) is 0.585. The topological polar surface area (TPSA) is 85.8 Å². The fraction of sp³-hybridized carbons (Fsp3) is 0.167. The van der Waals surface area contributed by atoms with E-state index < -0.39 is 0 Å². The summed E-state index contributed by atoms with van der Waals surface area (Å²) in [6.07, 6.45) is 4.21. The number of carbonyl (C=O) groups excluding carboxylic acids is 1. The number of aryl methyl sites for hydroxylation is 1. The van der Waals surface area contributed by atoms with Gasteiger partial charge in [-0.15, -0.1) is 11.3 Å². The number of hydrogen-bond donors (Lipinski definition) is 1. The van der Waals surface area contributed by atoms with Crippen LogP contribution in [-0.2, 0) is 19.5 Å². The van der Waals surface area contributed by atoms with Crippen LogP contribution in [0.15, 0.2) is 70.8 Å². The van der Waals surface area contributed by atoms with Gasteiger partial charge in [-0.1, -0.05) is 37.3 Å². The van der Waals surface area contributed by atoms with E-state index in [-0.39, 0.29) is 5.91 Å². The zero-order valence-electron chi connectivity index (χ0n) is 17.5. The largest absolute Gasteiger partial charge is 0.467 e. The lowest BCUT2D eigenvalue weighted by Crippen LogP contribution is -2.23. The Morgan fingerprint density at radius 2 is 2.03 bits per heavy atom. The van der Waals surface area contributed by atoms with E-state index in [9.17, 15) is 4.79 Å². The van der Waals surface area contributed by atoms with Crippen molar-refractivity contribution in [2.75, 3.05) is 0 Å². The third-order valence-corrected chi connectivity index (χ3v) is 6.18. The molecule has 0 aliphatic carbocycles. The van der Waals surface area contributed by atoms with E-state index in [0.29, 0.717) is 35.4 Å². The molecule has 1 aromatic carbocycles. The average molecular weight is 444 g/mol. The lowest BCUT2D eigenvalue weighted by Gasteiger charge is -2.09. The minimum absolute atomic E-state index is 0.182. The van der Waals surface area contributed by atoms with Gasteiger partial charge in [-0.05, 0) is 24.6 Å². The molecular formula is C24H21N5O2S. The van der Waals surface area contributed by atoms with Gasteiger partial charge < -0.3 is 9.73 Å². The Kier molecular flexibility index (Phi) is 5.51. The maximum atomic E-state index is 13.2. The van der Waals surface area contributed by atoms with Gasteiger partial charge in [0.05, 0.1) is 46.3 Å². The van der Waals surface area contributed by atoms with E-state index in [2.05, 4.69) is 22.3 Å². The molecule has 160 valence electrons. The number of rotatable bonds is 7. The number of nitrogens with one attached hydrogen (secondary N) is 1. The second-order valence-corrected chi connectivity index (χ2v) is 8.25. The summed E-state index contributed by atoms with van der Waals surface area (Å²) in [5, 5.41) is 11.2. The van der Waals surface area contributed by atoms with Crippen molar-refractivity contribution in [1.82, 2.24) is 25.1 Å². The molecule has 0 saturated carbocycles. The smallest absolute Gasteiger partial charge is 0.252 e. The number of benzene rings is 1. The molecule has 1 N–H and O–H groups in total. The third-order valence-electron chi connectivity index (χ3n) is 5.14. The number of thiazole rings is 1. The van der Waals surface area contributed by atoms with Gasteiger partial charge in [0.25, 0.3) is 5.91 Å². The minimum Gasteiger partial charge on any atom is -0.467 e. The van der Waals surface area contributed by atoms with Crippen molar-refractivity contribution in [2.45, 2.75) is 26.4 Å². The summed E-state index contributed by atoms with van der Waals surface area (Å²) in [6.45, 7) is 2.88. The molecule has 8 heteroatoms. The Morgan fingerprint density at radius 3 is 2.78 bits per heavy atom. The molecule has 1 amide bonds. The molecule has 32 heavy (non-hydrogen) atoms. The van der Waals surface area contributed by atoms with Crippen LogP contribution >= 0.6 is 11.3 Å². The molecule has 0 radical (unpaired) electrons. The summed E-state index contributed by atoms with van der Waals surface area (Å²) in [6, 6.07) is 15.4. The van der Waals surface area contributed by atoms with Gasteiger partial charge >= 0.3 is 0 Å². The lowest BCUT2D eigenvalue weighted by atomic mass is 10.1. The van der Waals surface area contributed by atoms with E-state index >= 15 is 0 Å². The van der Waals surface area contributed by atoms with Crippen LogP contribution in [0.25, 0.3) is 22.3 Å². The Bertz CT molecular complexity index is 1360. The maximum Gasteiger partial charge on any atom is 0.252 e. The zero-order valence-corrected chi connectivity index (χ0v) is 18.3. The van der Waals surface area contributed by atoms with E-state index in [1.54, 1.807) is 28.5 Å². The average Bonchev–Trinajstić information content (AvgIpc) is 3.59. The van der Waals surface area contributed by atoms with Crippen molar-refractivity contribution in [3.05, 3.63) is 88.4 Å². The molecule has 4 heterocycles. The predicted octanol–water partition coefficient (Wildman–Crippen LogP) is 4.69. The first-order chi connectivity index (χ1) is 15.7. The van der Waals surface area contributed by atoms with Gasteiger partial charge in [0.2, 0.25) is 0 Å². The van der Waals surface area contributed by atoms with Crippen molar-refractivity contribution < 1.29 is 9.21 Å². The normalized spacial score (nSPS) is 11.2. The van der Waals surface area contributed by atoms with Crippen LogP contribution in [0.3, 0.4) is 0 Å². The van der Waals surface area contributed by atoms with Gasteiger partial charge in [-0.25, -0.2) is 14.6 Å². The zero-order chi connectivity index (χ0) is 21.9. The van der Waals surface area contributed by atoms with Crippen LogP contribution < -0.4 is 5.32 Å². The van der Waals surface area contributed by atoms with Crippen molar-refractivity contribution >= 4 is 28.3 Å². The molecule has 0 aliphatic heterocycles. The molecule has 0 spiro atoms. The van der Waals surface area contributed by atoms with Crippen molar-refractivity contribution in [1.29, 1.82) is 0 Å². The summed E-state index contributed by atoms with van der Waals surface area (Å²) in [5.41, 5.74) is 3.68. The summed E-state index contributed by atoms with van der Waals surface area (Å²) in [4.78, 5) is 22.6. The van der Waals surface area contributed by atoms with Crippen LogP contribution in [0.2, 0.25) is 0 Å². The second-order valence-electron chi connectivity index (χ2n) is 7.31. The molecule has 7 nitrogen and oxygen atoms in total. The number of fused-ring (bicyclic) bond motifs is 1. The van der Waals surface area contributed by atoms with E-state index in [4.69, 9.17) is 9.40 Å². The quantitative estimate of drug-likeness (QED) is 0.394. The third kappa shape index (κ3) is 4.04. The number of amides is 1. The van der Waals surface area contributed by atoms with E-state index in [0.717, 1.165) is 28.4 Å². The molecular weight excluding hydrogens is 422 g/mol. The Labute approximate surface area is 188 Å². The highest BCUT2D eigenvalue weighted by atomic mass is 32.1. The van der Waals surface area contributed by atoms with Gasteiger partial charge in [0, 0.05) is 10.9 Å². The van der Waals surface area contributed by atoms with Gasteiger partial charge in [-0.3, -0.25) is 4.79 Å². The van der Waals surface area contributed by atoms with Gasteiger partial charge in [0.1, 0.15) is 12.3 Å². The second kappa shape index (κ2) is 8.76. The predicted molar refractivity (Wildman–Crippen MR) is 123 cm³/mol. The summed E-state index contributed by atoms with van der Waals surface area (Å²) < 4.78 is 7.23. The number of pyridine rings is 1. The molecule has 0 aliphatic rings. The number of hydrogen-bond acceptors (Lipinski definition) is 6. The summed E-state index contributed by atoms with van der Waals surface area (Å²) in [7, 11) is 0. The standard InChI is InChI=1S/C24H21N5O2S/c1-2-22-27-17(15-32-22)12-25-24(30)19-11-21(16-7-4-3-5-8-16)28-23-20(19)13-26-29(23)14-18-9-6-10-31-18/h3-11,13,15H,2,12,14H2,1H3,(H,25,30). The Hall–Kier alpha value is -3.78. The van der Waals surface area contributed by atoms with Crippen LogP contribution in [0.1, 0.15) is 33.7 Å². The summed E-state index contributed by atoms with van der Waals surface area (Å²) >= 11 is 1.61. The van der Waals surface area contributed by atoms with Crippen LogP contribution in [-0.4, -0.2) is 25.7 Å². The fourth-order valence-corrected chi connectivity index (χ4v) is 4.26. The molecule has 0 bridgehead atoms. The van der Waals surface area contributed by atoms with Crippen LogP contribution in [0, 0.1) is 0 Å². The first-order valence-corrected chi connectivity index (χ1v) is 11.2. The molecule has 5 aromatic rings. The van der Waals surface area contributed by atoms with Crippen molar-refractivity contribution in [3.63, 3.8) is 0 Å². The lowest BCUT2D eigenvalue weighted by molar-refractivity contribution is 0.0952. The highest BCUT2D eigenvalue weighted by Crippen LogP contribution is 2.25. The minimum atomic E-state index is -0.182. The maximum absolute atomic E-state index is 13.2. The highest BCUT2D eigenvalue weighted by molar-refractivity contribution is 7.09. The molecule has 0 unspecified atom stereocenters. The Balaban J connectivity index is 1.52. The van der Waals surface area contributed by atoms with Crippen LogP contribution in [0.4, 0.5) is 0 Å². The SMILES string of the molecule is CCc1nc(CNC(=O)c2cc(-c3ccccc3)nc3c2cnn3Cc2ccco2)cs1. The monoisotopic (exact) mass is 443 g/mol. The van der Waals surface area contributed by atoms with E-state index in [1.165, 1.54) is 0 Å². The van der Waals surface area contributed by atoms with Crippen LogP contribution in [0.5, 0.6) is 0 Å². The number of nitrogens with zero attached hydrogens (tertiary/aromatic N) is 4. The molecule has 5 rings (SSSR count). The van der Waals surface area contributed by atoms with Gasteiger partial charge in [0.15, 0.2) is 5.65 Å². The van der Waals surface area contributed by atoms with E-state index in [1.807, 2.05) is 53.9 Å². The van der Waals surface area contributed by atoms with Crippen molar-refractivity contribution in [2.24, 2.45) is 0 Å². The molecule has 0 saturated heterocycles.